The average molecular weight is 288 g/mol. The molecule has 0 aromatic heterocycles. The Morgan fingerprint density at radius 3 is 2.65 bits per heavy atom. The molecule has 0 saturated heterocycles. The Morgan fingerprint density at radius 1 is 1.15 bits per heavy atom. The van der Waals surface area contributed by atoms with E-state index in [2.05, 4.69) is 0 Å². The highest BCUT2D eigenvalue weighted by Gasteiger charge is 2.27. The van der Waals surface area contributed by atoms with Crippen molar-refractivity contribution in [3.8, 4) is 0 Å². The van der Waals surface area contributed by atoms with Crippen molar-refractivity contribution in [3.05, 3.63) is 58.9 Å². The van der Waals surface area contributed by atoms with Gasteiger partial charge in [0.15, 0.2) is 9.79 Å². The standard InChI is InChI=1S/C15H9FO3S/c16-12-7-10(15(17)18)8-14-11(12)6-5-9-3-1-2-4-13(9)20(14)19/h1-8H,(H,17,18). The first-order chi connectivity index (χ1) is 9.58. The smallest absolute Gasteiger partial charge is 0.335 e. The van der Waals surface area contributed by atoms with Crippen LogP contribution < -0.4 is 0 Å². The fraction of sp³-hybridized carbons (Fsp3) is 0. The Labute approximate surface area is 117 Å². The first-order valence-corrected chi connectivity index (χ1v) is 6.98. The molecule has 100 valence electrons. The van der Waals surface area contributed by atoms with Gasteiger partial charge in [0.2, 0.25) is 0 Å². The van der Waals surface area contributed by atoms with Gasteiger partial charge in [-0.25, -0.2) is 9.18 Å². The number of fused-ring (bicyclic) bond motifs is 2. The zero-order valence-corrected chi connectivity index (χ0v) is 11.0. The highest BCUT2D eigenvalue weighted by atomic mass is 32.2. The molecule has 0 aliphatic carbocycles. The maximum Gasteiger partial charge on any atom is 0.335 e. The Bertz CT molecular complexity index is 740. The first kappa shape index (κ1) is 12.9. The molecule has 1 atom stereocenters. The highest BCUT2D eigenvalue weighted by molar-refractivity contribution is 7.91. The molecule has 1 aliphatic heterocycles. The van der Waals surface area contributed by atoms with Gasteiger partial charge in [-0.15, -0.1) is 0 Å². The summed E-state index contributed by atoms with van der Waals surface area (Å²) in [4.78, 5) is 11.7. The van der Waals surface area contributed by atoms with E-state index >= 15 is 0 Å². The molecule has 0 amide bonds. The lowest BCUT2D eigenvalue weighted by molar-refractivity contribution is 0.0696. The van der Waals surface area contributed by atoms with E-state index in [-0.39, 0.29) is 16.0 Å². The molecule has 20 heavy (non-hydrogen) atoms. The summed E-state index contributed by atoms with van der Waals surface area (Å²) in [6.45, 7) is 0. The number of carboxylic acids is 1. The van der Waals surface area contributed by atoms with Crippen LogP contribution >= 0.6 is 0 Å². The molecule has 1 N–H and O–H groups in total. The van der Waals surface area contributed by atoms with Crippen molar-refractivity contribution < 1.29 is 18.8 Å². The Hall–Kier alpha value is -2.11. The first-order valence-electron chi connectivity index (χ1n) is 5.83. The van der Waals surface area contributed by atoms with Gasteiger partial charge in [0.25, 0.3) is 0 Å². The average Bonchev–Trinajstić information content (AvgIpc) is 2.58. The largest absolute Gasteiger partial charge is 0.606 e. The minimum atomic E-state index is -1.61. The predicted molar refractivity (Wildman–Crippen MR) is 73.4 cm³/mol. The van der Waals surface area contributed by atoms with Gasteiger partial charge in [0.1, 0.15) is 5.82 Å². The summed E-state index contributed by atoms with van der Waals surface area (Å²) in [5.41, 5.74) is 0.699. The number of aromatic carboxylic acids is 1. The van der Waals surface area contributed by atoms with Crippen LogP contribution in [0.25, 0.3) is 12.2 Å². The van der Waals surface area contributed by atoms with Gasteiger partial charge >= 0.3 is 5.97 Å². The Morgan fingerprint density at radius 2 is 1.90 bits per heavy atom. The van der Waals surface area contributed by atoms with E-state index in [0.717, 1.165) is 11.6 Å². The molecule has 1 aliphatic rings. The van der Waals surface area contributed by atoms with E-state index in [4.69, 9.17) is 5.11 Å². The normalized spacial score (nSPS) is 16.2. The van der Waals surface area contributed by atoms with Crippen LogP contribution in [-0.4, -0.2) is 15.6 Å². The van der Waals surface area contributed by atoms with Gasteiger partial charge in [0.05, 0.1) is 11.1 Å². The van der Waals surface area contributed by atoms with E-state index in [9.17, 15) is 13.7 Å². The summed E-state index contributed by atoms with van der Waals surface area (Å²) in [5, 5.41) is 8.98. The van der Waals surface area contributed by atoms with Crippen LogP contribution in [-0.2, 0) is 11.2 Å². The minimum Gasteiger partial charge on any atom is -0.606 e. The monoisotopic (exact) mass is 288 g/mol. The summed E-state index contributed by atoms with van der Waals surface area (Å²) < 4.78 is 26.6. The molecule has 2 aromatic carbocycles. The summed E-state index contributed by atoms with van der Waals surface area (Å²) in [5.74, 6) is -1.93. The Balaban J connectivity index is 2.27. The van der Waals surface area contributed by atoms with E-state index in [0.29, 0.717) is 4.90 Å². The van der Waals surface area contributed by atoms with Gasteiger partial charge in [-0.2, -0.15) is 0 Å². The number of halogens is 1. The van der Waals surface area contributed by atoms with Crippen LogP contribution in [0.1, 0.15) is 21.5 Å². The maximum atomic E-state index is 14.0. The van der Waals surface area contributed by atoms with Crippen LogP contribution in [0.4, 0.5) is 4.39 Å². The summed E-state index contributed by atoms with van der Waals surface area (Å²) in [6, 6.07) is 9.23. The SMILES string of the molecule is O=C(O)c1cc(F)c2c(c1)[S+]([O-])c1ccccc1C=C2. The van der Waals surface area contributed by atoms with Crippen LogP contribution in [0.15, 0.2) is 46.2 Å². The zero-order chi connectivity index (χ0) is 14.3. The third-order valence-corrected chi connectivity index (χ3v) is 4.60. The highest BCUT2D eigenvalue weighted by Crippen LogP contribution is 2.34. The van der Waals surface area contributed by atoms with E-state index in [1.807, 2.05) is 0 Å². The topological polar surface area (TPSA) is 60.4 Å². The summed E-state index contributed by atoms with van der Waals surface area (Å²) >= 11 is -1.61. The molecular formula is C15H9FO3S. The molecule has 0 radical (unpaired) electrons. The van der Waals surface area contributed by atoms with E-state index < -0.39 is 23.0 Å². The van der Waals surface area contributed by atoms with Gasteiger partial charge in [0, 0.05) is 22.8 Å². The third-order valence-electron chi connectivity index (χ3n) is 3.09. The molecular weight excluding hydrogens is 279 g/mol. The fourth-order valence-corrected chi connectivity index (χ4v) is 3.50. The number of carboxylic acid groups (broad SMARTS) is 1. The van der Waals surface area contributed by atoms with Gasteiger partial charge in [-0.05, 0) is 30.4 Å². The van der Waals surface area contributed by atoms with Crippen molar-refractivity contribution in [1.82, 2.24) is 0 Å². The van der Waals surface area contributed by atoms with Crippen LogP contribution in [0.2, 0.25) is 0 Å². The molecule has 2 aromatic rings. The lowest BCUT2D eigenvalue weighted by atomic mass is 10.1. The van der Waals surface area contributed by atoms with E-state index in [1.54, 1.807) is 30.3 Å². The number of carbonyl (C=O) groups is 1. The molecule has 0 spiro atoms. The molecule has 1 heterocycles. The van der Waals surface area contributed by atoms with Crippen LogP contribution in [0.3, 0.4) is 0 Å². The molecule has 1 unspecified atom stereocenters. The van der Waals surface area contributed by atoms with Crippen molar-refractivity contribution in [3.63, 3.8) is 0 Å². The second-order valence-electron chi connectivity index (χ2n) is 4.31. The van der Waals surface area contributed by atoms with Gasteiger partial charge in [-0.1, -0.05) is 12.1 Å². The van der Waals surface area contributed by atoms with Crippen LogP contribution in [0, 0.1) is 5.82 Å². The number of hydrogen-bond donors (Lipinski definition) is 1. The fourth-order valence-electron chi connectivity index (χ4n) is 2.11. The summed E-state index contributed by atoms with van der Waals surface area (Å²) in [7, 11) is 0. The lowest BCUT2D eigenvalue weighted by Gasteiger charge is -2.13. The van der Waals surface area contributed by atoms with Crippen LogP contribution in [0.5, 0.6) is 0 Å². The predicted octanol–water partition coefficient (Wildman–Crippen LogP) is 3.17. The molecule has 0 saturated carbocycles. The molecule has 0 bridgehead atoms. The quantitative estimate of drug-likeness (QED) is 0.820. The number of benzene rings is 2. The maximum absolute atomic E-state index is 14.0. The second-order valence-corrected chi connectivity index (χ2v) is 5.73. The van der Waals surface area contributed by atoms with Crippen molar-refractivity contribution in [2.24, 2.45) is 0 Å². The lowest BCUT2D eigenvalue weighted by Crippen LogP contribution is -2.08. The zero-order valence-electron chi connectivity index (χ0n) is 10.2. The molecule has 0 fully saturated rings. The van der Waals surface area contributed by atoms with Gasteiger partial charge < -0.3 is 9.66 Å². The van der Waals surface area contributed by atoms with Crippen molar-refractivity contribution in [2.45, 2.75) is 9.79 Å². The van der Waals surface area contributed by atoms with Crippen molar-refractivity contribution in [1.29, 1.82) is 0 Å². The van der Waals surface area contributed by atoms with Gasteiger partial charge in [-0.3, -0.25) is 0 Å². The van der Waals surface area contributed by atoms with E-state index in [1.165, 1.54) is 12.1 Å². The number of rotatable bonds is 1. The van der Waals surface area contributed by atoms with Crippen molar-refractivity contribution >= 4 is 29.3 Å². The molecule has 3 rings (SSSR count). The summed E-state index contributed by atoms with van der Waals surface area (Å²) in [6.07, 6.45) is 3.21. The van der Waals surface area contributed by atoms with Crippen molar-refractivity contribution in [2.75, 3.05) is 0 Å². The minimum absolute atomic E-state index is 0.171. The second kappa shape index (κ2) is 4.77. The number of hydrogen-bond acceptors (Lipinski definition) is 2. The Kier molecular flexibility index (Phi) is 3.08. The molecule has 5 heteroatoms. The third kappa shape index (κ3) is 2.01. The molecule has 3 nitrogen and oxygen atoms in total.